The van der Waals surface area contributed by atoms with E-state index in [2.05, 4.69) is 4.98 Å². The number of aromatic nitrogens is 1. The minimum atomic E-state index is 0.0315. The van der Waals surface area contributed by atoms with Gasteiger partial charge in [-0.3, -0.25) is 0 Å². The van der Waals surface area contributed by atoms with Gasteiger partial charge in [0.15, 0.2) is 0 Å². The minimum Gasteiger partial charge on any atom is -0.506 e. The molecule has 1 aromatic carbocycles. The highest BCUT2D eigenvalue weighted by molar-refractivity contribution is 5.85. The van der Waals surface area contributed by atoms with Crippen LogP contribution in [0.3, 0.4) is 0 Å². The summed E-state index contributed by atoms with van der Waals surface area (Å²) < 4.78 is 0. The molecule has 2 aromatic rings. The van der Waals surface area contributed by atoms with E-state index in [0.717, 1.165) is 5.39 Å². The van der Waals surface area contributed by atoms with Crippen LogP contribution in [0.1, 0.15) is 5.69 Å². The van der Waals surface area contributed by atoms with E-state index in [1.165, 1.54) is 6.07 Å². The molecule has 14 heavy (non-hydrogen) atoms. The number of fused-ring (bicyclic) bond motifs is 1. The number of phenolic OH excluding ortho intramolecular Hbond substituents is 1. The Bertz CT molecular complexity index is 543. The van der Waals surface area contributed by atoms with Crippen molar-refractivity contribution in [2.24, 2.45) is 0 Å². The molecule has 0 aliphatic heterocycles. The molecule has 4 nitrogen and oxygen atoms in total. The summed E-state index contributed by atoms with van der Waals surface area (Å²) in [4.78, 5) is 4.04. The maximum absolute atomic E-state index is 9.33. The van der Waals surface area contributed by atoms with E-state index in [-0.39, 0.29) is 11.4 Å². The van der Waals surface area contributed by atoms with Crippen LogP contribution < -0.4 is 5.73 Å². The maximum atomic E-state index is 9.33. The Hall–Kier alpha value is -2.28. The van der Waals surface area contributed by atoms with E-state index in [1.807, 2.05) is 6.07 Å². The third-order valence-corrected chi connectivity index (χ3v) is 1.95. The number of rotatable bonds is 0. The molecule has 0 radical (unpaired) electrons. The predicted octanol–water partition coefficient (Wildman–Crippen LogP) is 1.39. The standard InChI is InChI=1S/C10H7N3O/c11-5-7-2-1-6-3-10(14)8(12)4-9(6)13-7/h1-4,14H,12H2. The van der Waals surface area contributed by atoms with Crippen molar-refractivity contribution in [3.05, 3.63) is 30.0 Å². The summed E-state index contributed by atoms with van der Waals surface area (Å²) in [5, 5.41) is 18.7. The van der Waals surface area contributed by atoms with Crippen LogP contribution in [0.25, 0.3) is 10.9 Å². The average molecular weight is 185 g/mol. The zero-order valence-corrected chi connectivity index (χ0v) is 7.23. The second-order valence-corrected chi connectivity index (χ2v) is 2.91. The normalized spacial score (nSPS) is 9.93. The summed E-state index contributed by atoms with van der Waals surface area (Å²) in [6.45, 7) is 0. The van der Waals surface area contributed by atoms with Gasteiger partial charge in [-0.2, -0.15) is 5.26 Å². The molecule has 0 spiro atoms. The van der Waals surface area contributed by atoms with Gasteiger partial charge in [0, 0.05) is 5.39 Å². The fourth-order valence-electron chi connectivity index (χ4n) is 1.24. The van der Waals surface area contributed by atoms with Gasteiger partial charge in [0.1, 0.15) is 17.5 Å². The summed E-state index contributed by atoms with van der Waals surface area (Å²) in [7, 11) is 0. The largest absolute Gasteiger partial charge is 0.506 e. The molecule has 4 heteroatoms. The van der Waals surface area contributed by atoms with Crippen molar-refractivity contribution in [2.45, 2.75) is 0 Å². The first-order valence-corrected chi connectivity index (χ1v) is 4.00. The molecule has 0 aliphatic rings. The number of nitrogen functional groups attached to an aromatic ring is 1. The number of hydrogen-bond donors (Lipinski definition) is 2. The van der Waals surface area contributed by atoms with Crippen molar-refractivity contribution in [3.8, 4) is 11.8 Å². The highest BCUT2D eigenvalue weighted by Gasteiger charge is 2.02. The highest BCUT2D eigenvalue weighted by Crippen LogP contribution is 2.25. The molecule has 0 aliphatic carbocycles. The molecule has 0 atom stereocenters. The first-order chi connectivity index (χ1) is 6.70. The number of pyridine rings is 1. The fourth-order valence-corrected chi connectivity index (χ4v) is 1.24. The summed E-state index contributed by atoms with van der Waals surface area (Å²) in [6, 6.07) is 8.33. The topological polar surface area (TPSA) is 82.9 Å². The van der Waals surface area contributed by atoms with Gasteiger partial charge in [-0.15, -0.1) is 0 Å². The van der Waals surface area contributed by atoms with E-state index in [0.29, 0.717) is 11.2 Å². The van der Waals surface area contributed by atoms with Crippen LogP contribution in [0.2, 0.25) is 0 Å². The summed E-state index contributed by atoms with van der Waals surface area (Å²) in [5.74, 6) is 0.0315. The number of anilines is 1. The summed E-state index contributed by atoms with van der Waals surface area (Å²) in [5.41, 5.74) is 6.71. The monoisotopic (exact) mass is 185 g/mol. The first-order valence-electron chi connectivity index (χ1n) is 4.00. The van der Waals surface area contributed by atoms with Gasteiger partial charge in [-0.1, -0.05) is 0 Å². The van der Waals surface area contributed by atoms with Crippen molar-refractivity contribution in [1.29, 1.82) is 5.26 Å². The molecule has 68 valence electrons. The Morgan fingerprint density at radius 3 is 2.86 bits per heavy atom. The Kier molecular flexibility index (Phi) is 1.72. The van der Waals surface area contributed by atoms with E-state index < -0.39 is 0 Å². The molecule has 0 amide bonds. The number of benzene rings is 1. The van der Waals surface area contributed by atoms with E-state index in [1.54, 1.807) is 18.2 Å². The maximum Gasteiger partial charge on any atom is 0.141 e. The van der Waals surface area contributed by atoms with Gasteiger partial charge in [0.25, 0.3) is 0 Å². The van der Waals surface area contributed by atoms with Crippen molar-refractivity contribution >= 4 is 16.6 Å². The molecule has 1 aromatic heterocycles. The zero-order chi connectivity index (χ0) is 10.1. The van der Waals surface area contributed by atoms with Crippen LogP contribution in [0.15, 0.2) is 24.3 Å². The zero-order valence-electron chi connectivity index (χ0n) is 7.23. The number of aromatic hydroxyl groups is 1. The van der Waals surface area contributed by atoms with E-state index >= 15 is 0 Å². The SMILES string of the molecule is N#Cc1ccc2cc(O)c(N)cc2n1. The van der Waals surface area contributed by atoms with Gasteiger partial charge in [-0.25, -0.2) is 4.98 Å². The molecule has 0 fully saturated rings. The van der Waals surface area contributed by atoms with Gasteiger partial charge >= 0.3 is 0 Å². The Morgan fingerprint density at radius 1 is 1.36 bits per heavy atom. The van der Waals surface area contributed by atoms with Gasteiger partial charge < -0.3 is 10.8 Å². The van der Waals surface area contributed by atoms with E-state index in [9.17, 15) is 5.11 Å². The van der Waals surface area contributed by atoms with Crippen molar-refractivity contribution in [1.82, 2.24) is 4.98 Å². The second-order valence-electron chi connectivity index (χ2n) is 2.91. The summed E-state index contributed by atoms with van der Waals surface area (Å²) in [6.07, 6.45) is 0. The Morgan fingerprint density at radius 2 is 2.14 bits per heavy atom. The van der Waals surface area contributed by atoms with Crippen molar-refractivity contribution < 1.29 is 5.11 Å². The fraction of sp³-hybridized carbons (Fsp3) is 0. The lowest BCUT2D eigenvalue weighted by Crippen LogP contribution is -1.89. The van der Waals surface area contributed by atoms with Crippen molar-refractivity contribution in [2.75, 3.05) is 5.73 Å². The lowest BCUT2D eigenvalue weighted by Gasteiger charge is -2.01. The molecule has 0 unspecified atom stereocenters. The highest BCUT2D eigenvalue weighted by atomic mass is 16.3. The molecule has 1 heterocycles. The van der Waals surface area contributed by atoms with Gasteiger partial charge in [-0.05, 0) is 24.3 Å². The van der Waals surface area contributed by atoms with Crippen LogP contribution in [0, 0.1) is 11.3 Å². The second kappa shape index (κ2) is 2.89. The number of nitrogens with two attached hydrogens (primary N) is 1. The molecule has 3 N–H and O–H groups in total. The third-order valence-electron chi connectivity index (χ3n) is 1.95. The molecular weight excluding hydrogens is 178 g/mol. The quantitative estimate of drug-likeness (QED) is 0.480. The van der Waals surface area contributed by atoms with Crippen LogP contribution in [-0.2, 0) is 0 Å². The van der Waals surface area contributed by atoms with Crippen molar-refractivity contribution in [3.63, 3.8) is 0 Å². The third kappa shape index (κ3) is 1.21. The number of nitriles is 1. The molecule has 0 saturated carbocycles. The lowest BCUT2D eigenvalue weighted by atomic mass is 10.2. The molecular formula is C10H7N3O. The van der Waals surface area contributed by atoms with E-state index in [4.69, 9.17) is 11.0 Å². The summed E-state index contributed by atoms with van der Waals surface area (Å²) >= 11 is 0. The Labute approximate surface area is 80.2 Å². The minimum absolute atomic E-state index is 0.0315. The Balaban J connectivity index is 2.78. The number of phenols is 1. The van der Waals surface area contributed by atoms with Crippen LogP contribution in [0.5, 0.6) is 5.75 Å². The molecule has 0 bridgehead atoms. The van der Waals surface area contributed by atoms with Gasteiger partial charge in [0.2, 0.25) is 0 Å². The smallest absolute Gasteiger partial charge is 0.141 e. The number of hydrogen-bond acceptors (Lipinski definition) is 4. The molecule has 2 rings (SSSR count). The lowest BCUT2D eigenvalue weighted by molar-refractivity contribution is 0.479. The molecule has 0 saturated heterocycles. The predicted molar refractivity (Wildman–Crippen MR) is 52.5 cm³/mol. The van der Waals surface area contributed by atoms with Gasteiger partial charge in [0.05, 0.1) is 11.2 Å². The number of nitrogens with zero attached hydrogens (tertiary/aromatic N) is 2. The average Bonchev–Trinajstić information content (AvgIpc) is 2.19. The van der Waals surface area contributed by atoms with Crippen LogP contribution in [0.4, 0.5) is 5.69 Å². The first kappa shape index (κ1) is 8.32. The van der Waals surface area contributed by atoms with Crippen LogP contribution in [-0.4, -0.2) is 10.1 Å². The van der Waals surface area contributed by atoms with Crippen LogP contribution >= 0.6 is 0 Å².